The Kier molecular flexibility index (Phi) is 6.38. The van der Waals surface area contributed by atoms with Gasteiger partial charge in [-0.1, -0.05) is 60.7 Å². The van der Waals surface area contributed by atoms with Gasteiger partial charge >= 0.3 is 0 Å². The summed E-state index contributed by atoms with van der Waals surface area (Å²) in [7, 11) is 0. The van der Waals surface area contributed by atoms with Gasteiger partial charge in [0.25, 0.3) is 0 Å². The predicted molar refractivity (Wildman–Crippen MR) is 91.5 cm³/mol. The lowest BCUT2D eigenvalue weighted by atomic mass is 10.0. The zero-order valence-corrected chi connectivity index (χ0v) is 13.7. The highest BCUT2D eigenvalue weighted by atomic mass is 16.6. The molecule has 0 saturated carbocycles. The summed E-state index contributed by atoms with van der Waals surface area (Å²) in [5.74, 6) is 0. The lowest BCUT2D eigenvalue weighted by molar-refractivity contribution is -0.181. The Bertz CT molecular complexity index is 587. The zero-order valence-electron chi connectivity index (χ0n) is 13.7. The van der Waals surface area contributed by atoms with Gasteiger partial charge < -0.3 is 19.3 Å². The molecule has 1 N–H and O–H groups in total. The zero-order chi connectivity index (χ0) is 16.6. The van der Waals surface area contributed by atoms with Gasteiger partial charge in [0.05, 0.1) is 25.9 Å². The summed E-state index contributed by atoms with van der Waals surface area (Å²) >= 11 is 0. The third-order valence-electron chi connectivity index (χ3n) is 4.17. The molecule has 4 nitrogen and oxygen atoms in total. The molecule has 0 bridgehead atoms. The van der Waals surface area contributed by atoms with Gasteiger partial charge in [0.15, 0.2) is 0 Å². The maximum Gasteiger partial charge on any atom is 0.112 e. The van der Waals surface area contributed by atoms with Crippen LogP contribution < -0.4 is 0 Å². The maximum atomic E-state index is 10.3. The normalized spacial score (nSPS) is 24.0. The Morgan fingerprint density at radius 3 is 2.21 bits per heavy atom. The highest BCUT2D eigenvalue weighted by Crippen LogP contribution is 2.20. The number of rotatable bonds is 7. The van der Waals surface area contributed by atoms with E-state index >= 15 is 0 Å². The summed E-state index contributed by atoms with van der Waals surface area (Å²) in [6, 6.07) is 20.0. The van der Waals surface area contributed by atoms with E-state index in [-0.39, 0.29) is 12.2 Å². The average molecular weight is 328 g/mol. The molecule has 2 aromatic rings. The Labute approximate surface area is 143 Å². The summed E-state index contributed by atoms with van der Waals surface area (Å²) in [6.45, 7) is 1.93. The highest BCUT2D eigenvalue weighted by Gasteiger charge is 2.34. The van der Waals surface area contributed by atoms with Crippen molar-refractivity contribution in [1.29, 1.82) is 0 Å². The predicted octanol–water partition coefficient (Wildman–Crippen LogP) is 2.94. The number of ether oxygens (including phenoxy) is 3. The van der Waals surface area contributed by atoms with Crippen molar-refractivity contribution in [1.82, 2.24) is 0 Å². The number of hydrogen-bond donors (Lipinski definition) is 1. The molecular weight excluding hydrogens is 304 g/mol. The first-order valence-electron chi connectivity index (χ1n) is 8.40. The quantitative estimate of drug-likeness (QED) is 0.849. The van der Waals surface area contributed by atoms with Crippen LogP contribution in [0.3, 0.4) is 0 Å². The maximum absolute atomic E-state index is 10.3. The first kappa shape index (κ1) is 17.1. The lowest BCUT2D eigenvalue weighted by Crippen LogP contribution is -2.48. The van der Waals surface area contributed by atoms with E-state index in [1.54, 1.807) is 0 Å². The van der Waals surface area contributed by atoms with Gasteiger partial charge in [-0.3, -0.25) is 0 Å². The van der Waals surface area contributed by atoms with Crippen LogP contribution >= 0.6 is 0 Å². The SMILES string of the molecule is OC1CCOC(COCc2ccccc2)C1OCc1ccccc1. The molecule has 3 unspecified atom stereocenters. The van der Waals surface area contributed by atoms with Gasteiger partial charge in [0.2, 0.25) is 0 Å². The van der Waals surface area contributed by atoms with E-state index in [0.717, 1.165) is 11.1 Å². The molecule has 1 heterocycles. The van der Waals surface area contributed by atoms with Crippen molar-refractivity contribution in [3.63, 3.8) is 0 Å². The van der Waals surface area contributed by atoms with E-state index in [0.29, 0.717) is 32.8 Å². The molecule has 1 saturated heterocycles. The van der Waals surface area contributed by atoms with Gasteiger partial charge in [-0.2, -0.15) is 0 Å². The second-order valence-electron chi connectivity index (χ2n) is 6.03. The molecule has 0 aliphatic carbocycles. The van der Waals surface area contributed by atoms with E-state index < -0.39 is 6.10 Å². The third-order valence-corrected chi connectivity index (χ3v) is 4.17. The minimum absolute atomic E-state index is 0.249. The molecule has 0 spiro atoms. The molecule has 0 aromatic heterocycles. The van der Waals surface area contributed by atoms with Crippen molar-refractivity contribution >= 4 is 0 Å². The van der Waals surface area contributed by atoms with Crippen molar-refractivity contribution in [3.8, 4) is 0 Å². The van der Waals surface area contributed by atoms with Crippen LogP contribution in [-0.2, 0) is 27.4 Å². The smallest absolute Gasteiger partial charge is 0.112 e. The van der Waals surface area contributed by atoms with E-state index in [1.807, 2.05) is 60.7 Å². The fourth-order valence-corrected chi connectivity index (χ4v) is 2.84. The van der Waals surface area contributed by atoms with Gasteiger partial charge in [0.1, 0.15) is 12.2 Å². The van der Waals surface area contributed by atoms with Crippen LogP contribution in [0.1, 0.15) is 17.5 Å². The molecule has 3 rings (SSSR count). The second-order valence-corrected chi connectivity index (χ2v) is 6.03. The van der Waals surface area contributed by atoms with Crippen LogP contribution in [0, 0.1) is 0 Å². The molecule has 128 valence electrons. The molecule has 2 aromatic carbocycles. The summed E-state index contributed by atoms with van der Waals surface area (Å²) < 4.78 is 17.5. The Morgan fingerprint density at radius 2 is 1.54 bits per heavy atom. The second kappa shape index (κ2) is 8.94. The van der Waals surface area contributed by atoms with Crippen molar-refractivity contribution in [2.45, 2.75) is 37.9 Å². The van der Waals surface area contributed by atoms with E-state index in [1.165, 1.54) is 0 Å². The van der Waals surface area contributed by atoms with E-state index in [4.69, 9.17) is 14.2 Å². The number of aliphatic hydroxyl groups excluding tert-OH is 1. The van der Waals surface area contributed by atoms with Crippen LogP contribution in [0.15, 0.2) is 60.7 Å². The van der Waals surface area contributed by atoms with Gasteiger partial charge in [-0.25, -0.2) is 0 Å². The topological polar surface area (TPSA) is 47.9 Å². The van der Waals surface area contributed by atoms with E-state index in [9.17, 15) is 5.11 Å². The molecule has 1 aliphatic rings. The number of hydrogen-bond acceptors (Lipinski definition) is 4. The summed E-state index contributed by atoms with van der Waals surface area (Å²) in [5.41, 5.74) is 2.20. The molecule has 0 radical (unpaired) electrons. The fraction of sp³-hybridized carbons (Fsp3) is 0.400. The number of benzene rings is 2. The third kappa shape index (κ3) is 4.89. The molecule has 3 atom stereocenters. The fourth-order valence-electron chi connectivity index (χ4n) is 2.84. The first-order valence-corrected chi connectivity index (χ1v) is 8.40. The van der Waals surface area contributed by atoms with Crippen LogP contribution in [0.4, 0.5) is 0 Å². The molecular formula is C20H24O4. The summed E-state index contributed by atoms with van der Waals surface area (Å²) in [4.78, 5) is 0. The standard InChI is InChI=1S/C20H24O4/c21-18-11-12-23-19(15-22-13-16-7-3-1-4-8-16)20(18)24-14-17-9-5-2-6-10-17/h1-10,18-21H,11-15H2. The average Bonchev–Trinajstić information content (AvgIpc) is 2.63. The van der Waals surface area contributed by atoms with E-state index in [2.05, 4.69) is 0 Å². The minimum Gasteiger partial charge on any atom is -0.390 e. The summed E-state index contributed by atoms with van der Waals surface area (Å²) in [6.07, 6.45) is -0.544. The molecule has 24 heavy (non-hydrogen) atoms. The van der Waals surface area contributed by atoms with Gasteiger partial charge in [-0.05, 0) is 17.5 Å². The molecule has 1 aliphatic heterocycles. The molecule has 1 fully saturated rings. The van der Waals surface area contributed by atoms with Gasteiger partial charge in [0, 0.05) is 6.61 Å². The van der Waals surface area contributed by atoms with Crippen molar-refractivity contribution in [3.05, 3.63) is 71.8 Å². The number of aliphatic hydroxyl groups is 1. The van der Waals surface area contributed by atoms with Crippen LogP contribution in [0.5, 0.6) is 0 Å². The van der Waals surface area contributed by atoms with Crippen LogP contribution in [0.2, 0.25) is 0 Å². The van der Waals surface area contributed by atoms with Crippen molar-refractivity contribution in [2.24, 2.45) is 0 Å². The Hall–Kier alpha value is -1.72. The lowest BCUT2D eigenvalue weighted by Gasteiger charge is -2.35. The minimum atomic E-state index is -0.521. The largest absolute Gasteiger partial charge is 0.390 e. The Balaban J connectivity index is 1.51. The molecule has 0 amide bonds. The van der Waals surface area contributed by atoms with Crippen LogP contribution in [0.25, 0.3) is 0 Å². The summed E-state index contributed by atoms with van der Waals surface area (Å²) in [5, 5.41) is 10.3. The molecule has 4 heteroatoms. The van der Waals surface area contributed by atoms with Gasteiger partial charge in [-0.15, -0.1) is 0 Å². The Morgan fingerprint density at radius 1 is 0.917 bits per heavy atom. The first-order chi connectivity index (χ1) is 11.8. The van der Waals surface area contributed by atoms with Crippen molar-refractivity contribution < 1.29 is 19.3 Å². The van der Waals surface area contributed by atoms with Crippen molar-refractivity contribution in [2.75, 3.05) is 13.2 Å². The highest BCUT2D eigenvalue weighted by molar-refractivity contribution is 5.14. The van der Waals surface area contributed by atoms with Crippen LogP contribution in [-0.4, -0.2) is 36.6 Å². The monoisotopic (exact) mass is 328 g/mol.